The van der Waals surface area contributed by atoms with E-state index in [0.29, 0.717) is 26.3 Å². The zero-order valence-corrected chi connectivity index (χ0v) is 8.12. The second-order valence-electron chi connectivity index (χ2n) is 3.53. The lowest BCUT2D eigenvalue weighted by Gasteiger charge is -2.28. The molecule has 5 nitrogen and oxygen atoms in total. The van der Waals surface area contributed by atoms with Crippen LogP contribution in [-0.2, 0) is 14.3 Å². The largest absolute Gasteiger partial charge is 0.368 e. The van der Waals surface area contributed by atoms with Gasteiger partial charge >= 0.3 is 0 Å². The molecule has 0 spiro atoms. The van der Waals surface area contributed by atoms with Crippen molar-refractivity contribution < 1.29 is 14.3 Å². The van der Waals surface area contributed by atoms with Crippen LogP contribution >= 0.6 is 0 Å². The van der Waals surface area contributed by atoms with Crippen molar-refractivity contribution >= 4 is 5.78 Å². The highest BCUT2D eigenvalue weighted by Gasteiger charge is 2.30. The first-order chi connectivity index (χ1) is 6.88. The fourth-order valence-electron chi connectivity index (χ4n) is 1.70. The Labute approximate surface area is 83.1 Å². The van der Waals surface area contributed by atoms with Crippen LogP contribution in [-0.4, -0.2) is 57.4 Å². The fraction of sp³-hybridized carbons (Fsp3) is 0.889. The summed E-state index contributed by atoms with van der Waals surface area (Å²) in [6, 6.07) is 0. The van der Waals surface area contributed by atoms with Gasteiger partial charge in [-0.05, 0) is 0 Å². The predicted octanol–water partition coefficient (Wildman–Crippen LogP) is -1.47. The van der Waals surface area contributed by atoms with E-state index in [1.165, 1.54) is 0 Å². The van der Waals surface area contributed by atoms with Gasteiger partial charge in [-0.15, -0.1) is 0 Å². The lowest BCUT2D eigenvalue weighted by atomic mass is 10.1. The second kappa shape index (κ2) is 4.84. The van der Waals surface area contributed by atoms with Crippen LogP contribution in [0.25, 0.3) is 0 Å². The van der Waals surface area contributed by atoms with Crippen molar-refractivity contribution in [2.45, 2.75) is 12.2 Å². The molecule has 0 aromatic carbocycles. The predicted molar refractivity (Wildman–Crippen MR) is 50.2 cm³/mol. The topological polar surface area (TPSA) is 59.6 Å². The van der Waals surface area contributed by atoms with Crippen molar-refractivity contribution in [3.8, 4) is 0 Å². The van der Waals surface area contributed by atoms with E-state index in [1.54, 1.807) is 0 Å². The van der Waals surface area contributed by atoms with Gasteiger partial charge < -0.3 is 20.1 Å². The van der Waals surface area contributed by atoms with E-state index in [9.17, 15) is 4.79 Å². The third-order valence-corrected chi connectivity index (χ3v) is 2.49. The summed E-state index contributed by atoms with van der Waals surface area (Å²) in [6.45, 7) is 4.09. The van der Waals surface area contributed by atoms with Gasteiger partial charge in [0, 0.05) is 26.2 Å². The minimum absolute atomic E-state index is 0.0596. The van der Waals surface area contributed by atoms with E-state index < -0.39 is 0 Å². The number of ketones is 1. The first-order valence-corrected chi connectivity index (χ1v) is 5.06. The quantitative estimate of drug-likeness (QED) is 0.570. The molecule has 2 rings (SSSR count). The van der Waals surface area contributed by atoms with Crippen LogP contribution in [0.15, 0.2) is 0 Å². The third kappa shape index (κ3) is 2.30. The van der Waals surface area contributed by atoms with Crippen LogP contribution in [0.4, 0.5) is 0 Å². The molecule has 2 atom stereocenters. The number of carbonyl (C=O) groups is 1. The number of hydrogen-bond acceptors (Lipinski definition) is 5. The number of rotatable bonds is 2. The van der Waals surface area contributed by atoms with E-state index in [-0.39, 0.29) is 18.0 Å². The monoisotopic (exact) mass is 200 g/mol. The van der Waals surface area contributed by atoms with E-state index >= 15 is 0 Å². The van der Waals surface area contributed by atoms with Gasteiger partial charge in [0.15, 0.2) is 5.78 Å². The standard InChI is InChI=1S/C9H16N2O3/c12-9(7-5-10-1-3-13-7)8-6-11-2-4-14-8/h7-8,10-11H,1-6H2. The van der Waals surface area contributed by atoms with Gasteiger partial charge in [0.05, 0.1) is 13.2 Å². The fourth-order valence-corrected chi connectivity index (χ4v) is 1.70. The Morgan fingerprint density at radius 1 is 1.00 bits per heavy atom. The van der Waals surface area contributed by atoms with Crippen molar-refractivity contribution in [2.24, 2.45) is 0 Å². The SMILES string of the molecule is O=C(C1CNCCO1)C1CNCCO1. The summed E-state index contributed by atoms with van der Waals surface area (Å²) in [4.78, 5) is 11.8. The minimum Gasteiger partial charge on any atom is -0.368 e. The number of Topliss-reactive ketones (excluding diaryl/α,β-unsaturated/α-hetero) is 1. The van der Waals surface area contributed by atoms with Crippen molar-refractivity contribution in [1.82, 2.24) is 10.6 Å². The zero-order chi connectivity index (χ0) is 9.80. The van der Waals surface area contributed by atoms with E-state index in [4.69, 9.17) is 9.47 Å². The van der Waals surface area contributed by atoms with Gasteiger partial charge in [-0.1, -0.05) is 0 Å². The first-order valence-electron chi connectivity index (χ1n) is 5.06. The molecular weight excluding hydrogens is 184 g/mol. The lowest BCUT2D eigenvalue weighted by Crippen LogP contribution is -2.52. The van der Waals surface area contributed by atoms with Gasteiger partial charge in [0.1, 0.15) is 12.2 Å². The highest BCUT2D eigenvalue weighted by atomic mass is 16.5. The summed E-state index contributed by atoms with van der Waals surface area (Å²) in [5, 5.41) is 6.27. The van der Waals surface area contributed by atoms with Crippen molar-refractivity contribution in [1.29, 1.82) is 0 Å². The van der Waals surface area contributed by atoms with Crippen molar-refractivity contribution in [2.75, 3.05) is 39.4 Å². The maximum atomic E-state index is 11.8. The summed E-state index contributed by atoms with van der Waals surface area (Å²) < 4.78 is 10.7. The third-order valence-electron chi connectivity index (χ3n) is 2.49. The van der Waals surface area contributed by atoms with Gasteiger partial charge in [0.25, 0.3) is 0 Å². The molecule has 0 aromatic heterocycles. The molecule has 0 radical (unpaired) electrons. The Morgan fingerprint density at radius 2 is 1.50 bits per heavy atom. The summed E-state index contributed by atoms with van der Waals surface area (Å²) in [7, 11) is 0. The van der Waals surface area contributed by atoms with Gasteiger partial charge in [0.2, 0.25) is 0 Å². The molecule has 2 saturated heterocycles. The van der Waals surface area contributed by atoms with Gasteiger partial charge in [-0.2, -0.15) is 0 Å². The molecular formula is C9H16N2O3. The molecule has 2 aliphatic rings. The van der Waals surface area contributed by atoms with Crippen molar-refractivity contribution in [3.63, 3.8) is 0 Å². The average Bonchev–Trinajstić information content (AvgIpc) is 2.30. The number of morpholine rings is 2. The first kappa shape index (κ1) is 10.0. The Morgan fingerprint density at radius 3 is 1.86 bits per heavy atom. The molecule has 14 heavy (non-hydrogen) atoms. The maximum absolute atomic E-state index is 11.8. The van der Waals surface area contributed by atoms with E-state index in [1.807, 2.05) is 0 Å². The maximum Gasteiger partial charge on any atom is 0.192 e. The molecule has 2 N–H and O–H groups in total. The second-order valence-corrected chi connectivity index (χ2v) is 3.53. The average molecular weight is 200 g/mol. The smallest absolute Gasteiger partial charge is 0.192 e. The number of hydrogen-bond donors (Lipinski definition) is 2. The van der Waals surface area contributed by atoms with E-state index in [2.05, 4.69) is 10.6 Å². The van der Waals surface area contributed by atoms with Crippen LogP contribution in [0.5, 0.6) is 0 Å². The highest BCUT2D eigenvalue weighted by Crippen LogP contribution is 2.05. The Balaban J connectivity index is 1.85. The molecule has 0 saturated carbocycles. The molecule has 0 aliphatic carbocycles. The molecule has 2 aliphatic heterocycles. The van der Waals surface area contributed by atoms with Crippen LogP contribution < -0.4 is 10.6 Å². The van der Waals surface area contributed by atoms with Gasteiger partial charge in [-0.3, -0.25) is 4.79 Å². The summed E-state index contributed by atoms with van der Waals surface area (Å²) in [5.74, 6) is 0.0596. The zero-order valence-electron chi connectivity index (χ0n) is 8.12. The van der Waals surface area contributed by atoms with Crippen LogP contribution in [0.3, 0.4) is 0 Å². The number of carbonyl (C=O) groups excluding carboxylic acids is 1. The highest BCUT2D eigenvalue weighted by molar-refractivity contribution is 5.88. The molecule has 2 heterocycles. The molecule has 80 valence electrons. The van der Waals surface area contributed by atoms with Crippen LogP contribution in [0.1, 0.15) is 0 Å². The number of nitrogens with one attached hydrogen (secondary N) is 2. The molecule has 2 fully saturated rings. The molecule has 5 heteroatoms. The summed E-state index contributed by atoms with van der Waals surface area (Å²) in [5.41, 5.74) is 0. The van der Waals surface area contributed by atoms with Crippen molar-refractivity contribution in [3.05, 3.63) is 0 Å². The lowest BCUT2D eigenvalue weighted by molar-refractivity contribution is -0.145. The Hall–Kier alpha value is -0.490. The molecule has 0 aromatic rings. The van der Waals surface area contributed by atoms with Crippen LogP contribution in [0.2, 0.25) is 0 Å². The van der Waals surface area contributed by atoms with Gasteiger partial charge in [-0.25, -0.2) is 0 Å². The molecule has 0 amide bonds. The van der Waals surface area contributed by atoms with Crippen LogP contribution in [0, 0.1) is 0 Å². The minimum atomic E-state index is -0.325. The summed E-state index contributed by atoms with van der Waals surface area (Å²) >= 11 is 0. The number of ether oxygens (including phenoxy) is 2. The Kier molecular flexibility index (Phi) is 3.47. The molecule has 0 bridgehead atoms. The molecule has 2 unspecified atom stereocenters. The Bertz CT molecular complexity index is 178. The normalized spacial score (nSPS) is 34.0. The summed E-state index contributed by atoms with van der Waals surface area (Å²) in [6.07, 6.45) is -0.651. The van der Waals surface area contributed by atoms with E-state index in [0.717, 1.165) is 13.1 Å².